The minimum absolute atomic E-state index is 0.347. The molecule has 4 nitrogen and oxygen atoms in total. The van der Waals surface area contributed by atoms with Gasteiger partial charge in [0, 0.05) is 0 Å². The van der Waals surface area contributed by atoms with E-state index in [1.54, 1.807) is 6.92 Å². The molecule has 2 atom stereocenters. The lowest BCUT2D eigenvalue weighted by Gasteiger charge is -2.12. The number of carbonyl (C=O) groups is 1. The zero-order valence-corrected chi connectivity index (χ0v) is 10.2. The van der Waals surface area contributed by atoms with Gasteiger partial charge in [0.1, 0.15) is 0 Å². The molecule has 1 aliphatic heterocycles. The molecule has 2 rings (SSSR count). The quantitative estimate of drug-likeness (QED) is 0.763. The summed E-state index contributed by atoms with van der Waals surface area (Å²) >= 11 is 0. The van der Waals surface area contributed by atoms with Gasteiger partial charge < -0.3 is 9.47 Å². The van der Waals surface area contributed by atoms with Crippen molar-refractivity contribution < 1.29 is 14.3 Å². The van der Waals surface area contributed by atoms with Crippen molar-refractivity contribution in [2.75, 3.05) is 6.61 Å². The molecule has 4 heteroatoms. The number of hydrogen-bond acceptors (Lipinski definition) is 4. The summed E-state index contributed by atoms with van der Waals surface area (Å²) in [5.74, 6) is -0.353. The first-order chi connectivity index (χ1) is 8.81. The molecule has 0 radical (unpaired) electrons. The lowest BCUT2D eigenvalue weighted by molar-refractivity contribution is -0.145. The van der Waals surface area contributed by atoms with E-state index in [1.165, 1.54) is 6.40 Å². The summed E-state index contributed by atoms with van der Waals surface area (Å²) in [6.07, 6.45) is 4.65. The molecule has 1 aromatic rings. The summed E-state index contributed by atoms with van der Waals surface area (Å²) in [6, 6.07) is 9.22. The number of ether oxygens (including phenoxy) is 2. The third kappa shape index (κ3) is 2.97. The predicted molar refractivity (Wildman–Crippen MR) is 69.3 cm³/mol. The van der Waals surface area contributed by atoms with Crippen molar-refractivity contribution in [1.29, 1.82) is 0 Å². The molecule has 0 aliphatic carbocycles. The second kappa shape index (κ2) is 6.00. The van der Waals surface area contributed by atoms with E-state index in [4.69, 9.17) is 9.47 Å². The van der Waals surface area contributed by atoms with Crippen molar-refractivity contribution in [2.45, 2.75) is 19.1 Å². The van der Waals surface area contributed by atoms with Gasteiger partial charge in [0.2, 0.25) is 0 Å². The maximum absolute atomic E-state index is 11.6. The number of carbonyl (C=O) groups excluding carboxylic acids is 1. The molecule has 0 bridgehead atoms. The maximum atomic E-state index is 11.6. The average Bonchev–Trinajstić information content (AvgIpc) is 2.86. The molecular formula is C14H15NO3. The highest BCUT2D eigenvalue weighted by atomic mass is 16.5. The van der Waals surface area contributed by atoms with Gasteiger partial charge >= 0.3 is 5.97 Å². The Morgan fingerprint density at radius 2 is 2.22 bits per heavy atom. The average molecular weight is 245 g/mol. The van der Waals surface area contributed by atoms with E-state index in [2.05, 4.69) is 4.99 Å². The second-order valence-corrected chi connectivity index (χ2v) is 3.82. The van der Waals surface area contributed by atoms with Crippen LogP contribution in [0.2, 0.25) is 0 Å². The van der Waals surface area contributed by atoms with Crippen molar-refractivity contribution in [2.24, 2.45) is 4.99 Å². The Morgan fingerprint density at radius 3 is 2.94 bits per heavy atom. The van der Waals surface area contributed by atoms with E-state index in [1.807, 2.05) is 42.5 Å². The van der Waals surface area contributed by atoms with Gasteiger partial charge in [0.15, 0.2) is 18.5 Å². The van der Waals surface area contributed by atoms with E-state index in [0.29, 0.717) is 6.61 Å². The van der Waals surface area contributed by atoms with Gasteiger partial charge in [-0.15, -0.1) is 0 Å². The monoisotopic (exact) mass is 245 g/mol. The lowest BCUT2D eigenvalue weighted by atomic mass is 10.1. The fraction of sp³-hybridized carbons (Fsp3) is 0.286. The number of aliphatic imine (C=N–C) groups is 1. The smallest absolute Gasteiger partial charge is 0.335 e. The molecule has 0 amide bonds. The number of nitrogens with zero attached hydrogens (tertiary/aromatic N) is 1. The van der Waals surface area contributed by atoms with Crippen LogP contribution in [0.15, 0.2) is 41.4 Å². The number of esters is 1. The number of hydrogen-bond donors (Lipinski definition) is 0. The highest BCUT2D eigenvalue weighted by Gasteiger charge is 2.31. The lowest BCUT2D eigenvalue weighted by Crippen LogP contribution is -2.30. The summed E-state index contributed by atoms with van der Waals surface area (Å²) in [7, 11) is 0. The van der Waals surface area contributed by atoms with Crippen LogP contribution in [-0.4, -0.2) is 31.1 Å². The van der Waals surface area contributed by atoms with Crippen LogP contribution in [0.5, 0.6) is 0 Å². The summed E-state index contributed by atoms with van der Waals surface area (Å²) < 4.78 is 10.2. The molecule has 0 saturated heterocycles. The first kappa shape index (κ1) is 12.4. The Bertz CT molecular complexity index is 453. The Balaban J connectivity index is 2.01. The van der Waals surface area contributed by atoms with Crippen LogP contribution in [-0.2, 0) is 14.3 Å². The first-order valence-corrected chi connectivity index (χ1v) is 5.88. The zero-order valence-electron chi connectivity index (χ0n) is 10.2. The van der Waals surface area contributed by atoms with Crippen LogP contribution < -0.4 is 0 Å². The van der Waals surface area contributed by atoms with Gasteiger partial charge in [-0.3, -0.25) is 0 Å². The van der Waals surface area contributed by atoms with Crippen LogP contribution in [0.25, 0.3) is 6.08 Å². The minimum atomic E-state index is -0.593. The Morgan fingerprint density at radius 1 is 1.44 bits per heavy atom. The molecule has 1 unspecified atom stereocenters. The minimum Gasteiger partial charge on any atom is -0.473 e. The highest BCUT2D eigenvalue weighted by molar-refractivity contribution is 5.80. The van der Waals surface area contributed by atoms with E-state index < -0.39 is 6.04 Å². The Kier molecular flexibility index (Phi) is 4.12. The fourth-order valence-electron chi connectivity index (χ4n) is 1.67. The summed E-state index contributed by atoms with van der Waals surface area (Å²) in [5.41, 5.74) is 1.05. The molecule has 0 fully saturated rings. The molecule has 94 valence electrons. The normalized spacial score (nSPS) is 22.1. The third-order valence-corrected chi connectivity index (χ3v) is 2.56. The van der Waals surface area contributed by atoms with Gasteiger partial charge in [-0.25, -0.2) is 9.79 Å². The second-order valence-electron chi connectivity index (χ2n) is 3.82. The maximum Gasteiger partial charge on any atom is 0.335 e. The van der Waals surface area contributed by atoms with Crippen molar-refractivity contribution in [1.82, 2.24) is 0 Å². The molecule has 0 spiro atoms. The highest BCUT2D eigenvalue weighted by Crippen LogP contribution is 2.14. The predicted octanol–water partition coefficient (Wildman–Crippen LogP) is 2.06. The Labute approximate surface area is 106 Å². The fourth-order valence-corrected chi connectivity index (χ4v) is 1.67. The zero-order chi connectivity index (χ0) is 12.8. The standard InChI is InChI=1S/C14H15NO3/c1-2-17-14(16)13-12(18-10-15-13)9-8-11-6-4-3-5-7-11/h3-10,12-13H,2H2,1H3/b9-8+/t12?,13-/m1/s1. The van der Waals surface area contributed by atoms with Crippen LogP contribution >= 0.6 is 0 Å². The largest absolute Gasteiger partial charge is 0.473 e. The first-order valence-electron chi connectivity index (χ1n) is 5.88. The van der Waals surface area contributed by atoms with Crippen LogP contribution in [0, 0.1) is 0 Å². The van der Waals surface area contributed by atoms with E-state index in [0.717, 1.165) is 5.56 Å². The van der Waals surface area contributed by atoms with Crippen LogP contribution in [0.4, 0.5) is 0 Å². The van der Waals surface area contributed by atoms with Gasteiger partial charge in [-0.05, 0) is 18.6 Å². The molecule has 18 heavy (non-hydrogen) atoms. The van der Waals surface area contributed by atoms with Crippen molar-refractivity contribution in [3.05, 3.63) is 42.0 Å². The molecule has 0 aromatic heterocycles. The molecule has 1 heterocycles. The van der Waals surface area contributed by atoms with Gasteiger partial charge in [0.05, 0.1) is 6.61 Å². The summed E-state index contributed by atoms with van der Waals surface area (Å²) in [4.78, 5) is 15.6. The molecule has 0 saturated carbocycles. The van der Waals surface area contributed by atoms with Crippen LogP contribution in [0.1, 0.15) is 12.5 Å². The van der Waals surface area contributed by atoms with E-state index in [9.17, 15) is 4.79 Å². The van der Waals surface area contributed by atoms with Crippen molar-refractivity contribution in [3.63, 3.8) is 0 Å². The SMILES string of the molecule is CCOC(=O)[C@@H]1N=COC1/C=C/c1ccccc1. The number of rotatable bonds is 4. The summed E-state index contributed by atoms with van der Waals surface area (Å²) in [6.45, 7) is 2.12. The summed E-state index contributed by atoms with van der Waals surface area (Å²) in [5, 5.41) is 0. The van der Waals surface area contributed by atoms with E-state index >= 15 is 0 Å². The third-order valence-electron chi connectivity index (χ3n) is 2.56. The van der Waals surface area contributed by atoms with Gasteiger partial charge in [-0.1, -0.05) is 36.4 Å². The van der Waals surface area contributed by atoms with E-state index in [-0.39, 0.29) is 12.1 Å². The van der Waals surface area contributed by atoms with Crippen molar-refractivity contribution in [3.8, 4) is 0 Å². The Hall–Kier alpha value is -2.10. The molecular weight excluding hydrogens is 230 g/mol. The van der Waals surface area contributed by atoms with Crippen LogP contribution in [0.3, 0.4) is 0 Å². The van der Waals surface area contributed by atoms with Crippen molar-refractivity contribution >= 4 is 18.4 Å². The number of benzene rings is 1. The van der Waals surface area contributed by atoms with Gasteiger partial charge in [0.25, 0.3) is 0 Å². The molecule has 1 aromatic carbocycles. The molecule has 1 aliphatic rings. The molecule has 0 N–H and O–H groups in total. The topological polar surface area (TPSA) is 47.9 Å². The van der Waals surface area contributed by atoms with Gasteiger partial charge in [-0.2, -0.15) is 0 Å².